The van der Waals surface area contributed by atoms with Gasteiger partial charge in [0, 0.05) is 18.8 Å². The van der Waals surface area contributed by atoms with Crippen LogP contribution in [0.3, 0.4) is 0 Å². The average molecular weight is 330 g/mol. The number of hydrogen-bond donors (Lipinski definition) is 2. The normalized spacial score (nSPS) is 14.4. The molecule has 0 spiro atoms. The lowest BCUT2D eigenvalue weighted by Gasteiger charge is -2.18. The highest BCUT2D eigenvalue weighted by atomic mass is 32.1. The molecule has 120 valence electrons. The summed E-state index contributed by atoms with van der Waals surface area (Å²) in [6.45, 7) is 2.54. The van der Waals surface area contributed by atoms with Crippen LogP contribution in [-0.2, 0) is 16.0 Å². The second kappa shape index (κ2) is 6.52. The highest BCUT2D eigenvalue weighted by Crippen LogP contribution is 2.30. The number of rotatable bonds is 3. The smallest absolute Gasteiger partial charge is 0.316 e. The minimum Gasteiger partial charge on any atom is -0.387 e. The summed E-state index contributed by atoms with van der Waals surface area (Å²) in [5.41, 5.74) is 3.80. The van der Waals surface area contributed by atoms with E-state index in [9.17, 15) is 14.7 Å². The number of nitrogens with one attached hydrogen (secondary N) is 1. The molecule has 0 bridgehead atoms. The van der Waals surface area contributed by atoms with E-state index in [4.69, 9.17) is 0 Å². The van der Waals surface area contributed by atoms with Gasteiger partial charge in [-0.25, -0.2) is 0 Å². The standard InChI is InChI=1S/C17H18N2O3S/c1-11-3-2-4-14-13(11)5-7-19(14)17(22)16(21)18-9-15(20)12-6-8-23-10-12/h2-4,6,8,10,15,20H,5,7,9H2,1H3,(H,18,21). The molecule has 2 heterocycles. The number of aliphatic hydroxyl groups is 1. The minimum atomic E-state index is -0.800. The van der Waals surface area contributed by atoms with Crippen molar-refractivity contribution in [2.45, 2.75) is 19.4 Å². The van der Waals surface area contributed by atoms with Crippen LogP contribution in [0.25, 0.3) is 0 Å². The van der Waals surface area contributed by atoms with Crippen molar-refractivity contribution in [3.05, 3.63) is 51.7 Å². The molecule has 2 amide bonds. The zero-order valence-electron chi connectivity index (χ0n) is 12.8. The summed E-state index contributed by atoms with van der Waals surface area (Å²) in [6, 6.07) is 7.55. The molecule has 23 heavy (non-hydrogen) atoms. The highest BCUT2D eigenvalue weighted by molar-refractivity contribution is 7.07. The van der Waals surface area contributed by atoms with Crippen molar-refractivity contribution in [3.8, 4) is 0 Å². The van der Waals surface area contributed by atoms with Crippen molar-refractivity contribution in [2.75, 3.05) is 18.0 Å². The van der Waals surface area contributed by atoms with Crippen LogP contribution in [0.2, 0.25) is 0 Å². The van der Waals surface area contributed by atoms with Crippen molar-refractivity contribution in [1.82, 2.24) is 5.32 Å². The largest absolute Gasteiger partial charge is 0.387 e. The molecule has 1 aromatic heterocycles. The second-order valence-corrected chi connectivity index (χ2v) is 6.34. The number of aliphatic hydroxyl groups excluding tert-OH is 1. The van der Waals surface area contributed by atoms with E-state index in [-0.39, 0.29) is 6.54 Å². The van der Waals surface area contributed by atoms with Gasteiger partial charge in [0.2, 0.25) is 0 Å². The zero-order chi connectivity index (χ0) is 16.4. The van der Waals surface area contributed by atoms with Crippen LogP contribution in [0.5, 0.6) is 0 Å². The first-order valence-electron chi connectivity index (χ1n) is 7.46. The SMILES string of the molecule is Cc1cccc2c1CCN2C(=O)C(=O)NCC(O)c1ccsc1. The Morgan fingerprint density at radius 3 is 2.96 bits per heavy atom. The molecule has 0 fully saturated rings. The first-order valence-corrected chi connectivity index (χ1v) is 8.40. The fourth-order valence-electron chi connectivity index (χ4n) is 2.79. The van der Waals surface area contributed by atoms with E-state index in [0.717, 1.165) is 28.8 Å². The van der Waals surface area contributed by atoms with Gasteiger partial charge in [-0.05, 0) is 52.9 Å². The first kappa shape index (κ1) is 15.7. The predicted octanol–water partition coefficient (Wildman–Crippen LogP) is 1.80. The number of amides is 2. The van der Waals surface area contributed by atoms with Crippen molar-refractivity contribution >= 4 is 28.8 Å². The number of nitrogens with zero attached hydrogens (tertiary/aromatic N) is 1. The maximum atomic E-state index is 12.4. The molecular formula is C17H18N2O3S. The number of fused-ring (bicyclic) bond motifs is 1. The van der Waals surface area contributed by atoms with Crippen LogP contribution >= 0.6 is 11.3 Å². The molecule has 1 aliphatic rings. The minimum absolute atomic E-state index is 0.0236. The van der Waals surface area contributed by atoms with E-state index in [2.05, 4.69) is 5.32 Å². The van der Waals surface area contributed by atoms with Crippen LogP contribution in [0.4, 0.5) is 5.69 Å². The maximum absolute atomic E-state index is 12.4. The van der Waals surface area contributed by atoms with Crippen molar-refractivity contribution in [1.29, 1.82) is 0 Å². The Morgan fingerprint density at radius 2 is 2.22 bits per heavy atom. The average Bonchev–Trinajstić information content (AvgIpc) is 3.21. The van der Waals surface area contributed by atoms with E-state index in [0.29, 0.717) is 6.54 Å². The van der Waals surface area contributed by atoms with Gasteiger partial charge < -0.3 is 15.3 Å². The fraction of sp³-hybridized carbons (Fsp3) is 0.294. The number of anilines is 1. The molecule has 0 radical (unpaired) electrons. The summed E-state index contributed by atoms with van der Waals surface area (Å²) in [6.07, 6.45) is -0.0374. The topological polar surface area (TPSA) is 69.6 Å². The van der Waals surface area contributed by atoms with E-state index < -0.39 is 17.9 Å². The van der Waals surface area contributed by atoms with Gasteiger partial charge in [0.15, 0.2) is 0 Å². The van der Waals surface area contributed by atoms with Crippen LogP contribution in [0, 0.1) is 6.92 Å². The third-order valence-electron chi connectivity index (χ3n) is 4.09. The van der Waals surface area contributed by atoms with Crippen molar-refractivity contribution in [3.63, 3.8) is 0 Å². The van der Waals surface area contributed by atoms with Crippen LogP contribution < -0.4 is 10.2 Å². The summed E-state index contributed by atoms with van der Waals surface area (Å²) in [5.74, 6) is -1.26. The van der Waals surface area contributed by atoms with Crippen LogP contribution in [0.15, 0.2) is 35.0 Å². The van der Waals surface area contributed by atoms with Gasteiger partial charge >= 0.3 is 11.8 Å². The lowest BCUT2D eigenvalue weighted by atomic mass is 10.1. The molecule has 2 aromatic rings. The van der Waals surface area contributed by atoms with Crippen molar-refractivity contribution < 1.29 is 14.7 Å². The number of carbonyl (C=O) groups excluding carboxylic acids is 2. The molecule has 0 aliphatic carbocycles. The molecule has 0 saturated carbocycles. The lowest BCUT2D eigenvalue weighted by molar-refractivity contribution is -0.137. The summed E-state index contributed by atoms with van der Waals surface area (Å²) in [5, 5.41) is 16.2. The lowest BCUT2D eigenvalue weighted by Crippen LogP contribution is -2.43. The van der Waals surface area contributed by atoms with Gasteiger partial charge in [-0.1, -0.05) is 12.1 Å². The van der Waals surface area contributed by atoms with E-state index in [1.54, 1.807) is 6.07 Å². The van der Waals surface area contributed by atoms with Crippen LogP contribution in [0.1, 0.15) is 22.8 Å². The Bertz CT molecular complexity index is 727. The number of carbonyl (C=O) groups is 2. The monoisotopic (exact) mass is 330 g/mol. The summed E-state index contributed by atoms with van der Waals surface area (Å²) in [4.78, 5) is 25.9. The summed E-state index contributed by atoms with van der Waals surface area (Å²) in [7, 11) is 0. The van der Waals surface area contributed by atoms with Crippen LogP contribution in [-0.4, -0.2) is 30.0 Å². The number of aryl methyl sites for hydroxylation is 1. The van der Waals surface area contributed by atoms with Gasteiger partial charge in [0.25, 0.3) is 0 Å². The molecule has 1 unspecified atom stereocenters. The summed E-state index contributed by atoms with van der Waals surface area (Å²) >= 11 is 1.47. The maximum Gasteiger partial charge on any atom is 0.316 e. The molecule has 2 N–H and O–H groups in total. The fourth-order valence-corrected chi connectivity index (χ4v) is 3.50. The van der Waals surface area contributed by atoms with E-state index >= 15 is 0 Å². The first-order chi connectivity index (χ1) is 11.1. The molecule has 0 saturated heterocycles. The van der Waals surface area contributed by atoms with E-state index in [1.807, 2.05) is 35.9 Å². The molecule has 1 aliphatic heterocycles. The predicted molar refractivity (Wildman–Crippen MR) is 89.5 cm³/mol. The van der Waals surface area contributed by atoms with Gasteiger partial charge in [-0.3, -0.25) is 9.59 Å². The molecular weight excluding hydrogens is 312 g/mol. The Balaban J connectivity index is 1.63. The zero-order valence-corrected chi connectivity index (χ0v) is 13.6. The third-order valence-corrected chi connectivity index (χ3v) is 4.79. The van der Waals surface area contributed by atoms with E-state index in [1.165, 1.54) is 16.2 Å². The second-order valence-electron chi connectivity index (χ2n) is 5.56. The number of hydrogen-bond acceptors (Lipinski definition) is 4. The molecule has 1 atom stereocenters. The number of benzene rings is 1. The molecule has 6 heteroatoms. The Morgan fingerprint density at radius 1 is 1.39 bits per heavy atom. The molecule has 5 nitrogen and oxygen atoms in total. The van der Waals surface area contributed by atoms with Gasteiger partial charge in [0.1, 0.15) is 0 Å². The van der Waals surface area contributed by atoms with Crippen molar-refractivity contribution in [2.24, 2.45) is 0 Å². The van der Waals surface area contributed by atoms with Gasteiger partial charge in [0.05, 0.1) is 6.10 Å². The summed E-state index contributed by atoms with van der Waals surface area (Å²) < 4.78 is 0. The Hall–Kier alpha value is -2.18. The molecule has 1 aromatic carbocycles. The van der Waals surface area contributed by atoms with Gasteiger partial charge in [-0.2, -0.15) is 11.3 Å². The quantitative estimate of drug-likeness (QED) is 0.843. The Kier molecular flexibility index (Phi) is 4.45. The Labute approximate surface area is 138 Å². The van der Waals surface area contributed by atoms with Gasteiger partial charge in [-0.15, -0.1) is 0 Å². The molecule has 3 rings (SSSR count). The third kappa shape index (κ3) is 3.13. The highest BCUT2D eigenvalue weighted by Gasteiger charge is 2.29. The number of thiophene rings is 1.